The van der Waals surface area contributed by atoms with Crippen LogP contribution in [0.15, 0.2) is 18.5 Å². The van der Waals surface area contributed by atoms with Crippen LogP contribution in [0.3, 0.4) is 0 Å². The van der Waals surface area contributed by atoms with E-state index < -0.39 is 4.92 Å². The highest BCUT2D eigenvalue weighted by atomic mass is 35.5. The summed E-state index contributed by atoms with van der Waals surface area (Å²) in [6, 6.07) is 1.68. The molecule has 6 heteroatoms. The predicted octanol–water partition coefficient (Wildman–Crippen LogP) is 2.50. The number of hydrogen-bond donors (Lipinski definition) is 0. The fourth-order valence-electron chi connectivity index (χ4n) is 1.28. The van der Waals surface area contributed by atoms with Crippen molar-refractivity contribution in [2.45, 2.75) is 6.92 Å². The number of halogens is 1. The molecule has 15 heavy (non-hydrogen) atoms. The van der Waals surface area contributed by atoms with Crippen molar-refractivity contribution in [3.63, 3.8) is 0 Å². The van der Waals surface area contributed by atoms with Gasteiger partial charge in [0.05, 0.1) is 16.6 Å². The maximum absolute atomic E-state index is 10.6. The maximum Gasteiger partial charge on any atom is 0.306 e. The lowest BCUT2D eigenvalue weighted by molar-refractivity contribution is -0.384. The Kier molecular flexibility index (Phi) is 2.24. The Balaban J connectivity index is 2.82. The van der Waals surface area contributed by atoms with Crippen LogP contribution in [0, 0.1) is 17.0 Å². The smallest absolute Gasteiger partial charge is 0.259 e. The van der Waals surface area contributed by atoms with Crippen LogP contribution < -0.4 is 0 Å². The lowest BCUT2D eigenvalue weighted by Crippen LogP contribution is -1.93. The molecule has 76 valence electrons. The number of fused-ring (bicyclic) bond motifs is 1. The van der Waals surface area contributed by atoms with E-state index >= 15 is 0 Å². The summed E-state index contributed by atoms with van der Waals surface area (Å²) < 4.78 is 0. The van der Waals surface area contributed by atoms with Gasteiger partial charge in [-0.25, -0.2) is 4.98 Å². The Morgan fingerprint density at radius 3 is 2.80 bits per heavy atom. The Bertz CT molecular complexity index is 556. The van der Waals surface area contributed by atoms with Gasteiger partial charge in [-0.05, 0) is 13.0 Å². The molecule has 5 nitrogen and oxygen atoms in total. The van der Waals surface area contributed by atoms with Gasteiger partial charge in [0, 0.05) is 11.1 Å². The summed E-state index contributed by atoms with van der Waals surface area (Å²) in [7, 11) is 0. The third-order valence-electron chi connectivity index (χ3n) is 2.00. The Morgan fingerprint density at radius 2 is 2.13 bits per heavy atom. The highest BCUT2D eigenvalue weighted by Gasteiger charge is 2.16. The number of nitrogens with zero attached hydrogens (tertiary/aromatic N) is 3. The van der Waals surface area contributed by atoms with E-state index in [1.54, 1.807) is 19.2 Å². The van der Waals surface area contributed by atoms with Crippen LogP contribution in [-0.2, 0) is 0 Å². The van der Waals surface area contributed by atoms with Gasteiger partial charge in [-0.3, -0.25) is 15.1 Å². The monoisotopic (exact) mass is 223 g/mol. The van der Waals surface area contributed by atoms with E-state index in [1.165, 1.54) is 0 Å². The van der Waals surface area contributed by atoms with Gasteiger partial charge < -0.3 is 0 Å². The Hall–Kier alpha value is -1.75. The minimum absolute atomic E-state index is 0.107. The molecule has 0 radical (unpaired) electrons. The molecule has 0 aromatic carbocycles. The van der Waals surface area contributed by atoms with Crippen LogP contribution in [0.25, 0.3) is 10.9 Å². The zero-order valence-corrected chi connectivity index (χ0v) is 8.52. The molecule has 2 heterocycles. The lowest BCUT2D eigenvalue weighted by atomic mass is 10.2. The summed E-state index contributed by atoms with van der Waals surface area (Å²) >= 11 is 5.90. The van der Waals surface area contributed by atoms with Crippen molar-refractivity contribution in [3.05, 3.63) is 39.3 Å². The van der Waals surface area contributed by atoms with Gasteiger partial charge in [-0.1, -0.05) is 11.6 Å². The van der Waals surface area contributed by atoms with Gasteiger partial charge in [0.15, 0.2) is 0 Å². The second kappa shape index (κ2) is 3.43. The van der Waals surface area contributed by atoms with Gasteiger partial charge in [0.1, 0.15) is 11.2 Å². The number of nitro groups is 1. The largest absolute Gasteiger partial charge is 0.306 e. The quantitative estimate of drug-likeness (QED) is 0.550. The first-order valence-corrected chi connectivity index (χ1v) is 4.52. The molecule has 2 rings (SSSR count). The molecule has 0 fully saturated rings. The predicted molar refractivity (Wildman–Crippen MR) is 55.9 cm³/mol. The normalized spacial score (nSPS) is 10.5. The summed E-state index contributed by atoms with van der Waals surface area (Å²) in [6.45, 7) is 1.79. The van der Waals surface area contributed by atoms with Crippen molar-refractivity contribution in [2.75, 3.05) is 0 Å². The molecule has 0 bridgehead atoms. The molecule has 0 spiro atoms. The zero-order chi connectivity index (χ0) is 11.0. The van der Waals surface area contributed by atoms with Crippen LogP contribution in [0.1, 0.15) is 5.69 Å². The molecule has 0 N–H and O–H groups in total. The fraction of sp³-hybridized carbons (Fsp3) is 0.111. The summed E-state index contributed by atoms with van der Waals surface area (Å²) in [5.74, 6) is 0. The lowest BCUT2D eigenvalue weighted by Gasteiger charge is -2.01. The summed E-state index contributed by atoms with van der Waals surface area (Å²) in [6.07, 6.45) is 2.68. The number of pyridine rings is 2. The van der Waals surface area contributed by atoms with E-state index in [1.807, 2.05) is 0 Å². The molecule has 0 saturated heterocycles. The fourth-order valence-corrected chi connectivity index (χ4v) is 1.55. The summed E-state index contributed by atoms with van der Waals surface area (Å²) in [5, 5.41) is 11.3. The standard InChI is InChI=1S/C9H6ClN3O2/c1-5-2-6-7(3-11-5)12-4-8(9(6)10)13(14)15/h2-4H,1H3. The minimum Gasteiger partial charge on any atom is -0.259 e. The highest BCUT2D eigenvalue weighted by molar-refractivity contribution is 6.37. The number of hydrogen-bond acceptors (Lipinski definition) is 4. The van der Waals surface area contributed by atoms with Crippen molar-refractivity contribution >= 4 is 28.2 Å². The summed E-state index contributed by atoms with van der Waals surface area (Å²) in [4.78, 5) is 18.0. The molecular formula is C9H6ClN3O2. The van der Waals surface area contributed by atoms with E-state index in [0.717, 1.165) is 11.9 Å². The molecular weight excluding hydrogens is 218 g/mol. The molecule has 0 atom stereocenters. The number of rotatable bonds is 1. The third-order valence-corrected chi connectivity index (χ3v) is 2.40. The van der Waals surface area contributed by atoms with Gasteiger partial charge in [-0.2, -0.15) is 0 Å². The maximum atomic E-state index is 10.6. The van der Waals surface area contributed by atoms with Gasteiger partial charge in [0.25, 0.3) is 0 Å². The first-order chi connectivity index (χ1) is 7.09. The molecule has 0 amide bonds. The second-order valence-electron chi connectivity index (χ2n) is 3.06. The van der Waals surface area contributed by atoms with Crippen molar-refractivity contribution in [1.29, 1.82) is 0 Å². The molecule has 2 aromatic rings. The molecule has 0 unspecified atom stereocenters. The first kappa shape index (κ1) is 9.79. The van der Waals surface area contributed by atoms with Crippen LogP contribution in [-0.4, -0.2) is 14.9 Å². The van der Waals surface area contributed by atoms with Crippen molar-refractivity contribution in [2.24, 2.45) is 0 Å². The molecule has 0 aliphatic rings. The zero-order valence-electron chi connectivity index (χ0n) is 7.77. The second-order valence-corrected chi connectivity index (χ2v) is 3.44. The average Bonchev–Trinajstić information content (AvgIpc) is 2.19. The topological polar surface area (TPSA) is 68.9 Å². The third kappa shape index (κ3) is 1.61. The molecule has 0 aliphatic heterocycles. The van der Waals surface area contributed by atoms with Crippen molar-refractivity contribution in [3.8, 4) is 0 Å². The van der Waals surface area contributed by atoms with E-state index in [-0.39, 0.29) is 10.7 Å². The SMILES string of the molecule is Cc1cc2c(Cl)c([N+](=O)[O-])cnc2cn1. The molecule has 2 aromatic heterocycles. The molecule has 0 aliphatic carbocycles. The minimum atomic E-state index is -0.551. The van der Waals surface area contributed by atoms with Crippen molar-refractivity contribution in [1.82, 2.24) is 9.97 Å². The Labute approximate surface area is 89.9 Å². The first-order valence-electron chi connectivity index (χ1n) is 4.15. The average molecular weight is 224 g/mol. The Morgan fingerprint density at radius 1 is 1.40 bits per heavy atom. The number of aryl methyl sites for hydroxylation is 1. The van der Waals surface area contributed by atoms with E-state index in [9.17, 15) is 10.1 Å². The van der Waals surface area contributed by atoms with E-state index in [4.69, 9.17) is 11.6 Å². The highest BCUT2D eigenvalue weighted by Crippen LogP contribution is 2.30. The van der Waals surface area contributed by atoms with Gasteiger partial charge >= 0.3 is 5.69 Å². The van der Waals surface area contributed by atoms with Crippen LogP contribution in [0.5, 0.6) is 0 Å². The van der Waals surface area contributed by atoms with Gasteiger partial charge in [-0.15, -0.1) is 0 Å². The van der Waals surface area contributed by atoms with Crippen molar-refractivity contribution < 1.29 is 4.92 Å². The summed E-state index contributed by atoms with van der Waals surface area (Å²) in [5.41, 5.74) is 1.11. The van der Waals surface area contributed by atoms with Crippen LogP contribution in [0.4, 0.5) is 5.69 Å². The van der Waals surface area contributed by atoms with Crippen LogP contribution >= 0.6 is 11.6 Å². The van der Waals surface area contributed by atoms with Crippen LogP contribution in [0.2, 0.25) is 5.02 Å². The van der Waals surface area contributed by atoms with E-state index in [0.29, 0.717) is 10.9 Å². The van der Waals surface area contributed by atoms with Gasteiger partial charge in [0.2, 0.25) is 0 Å². The van der Waals surface area contributed by atoms with E-state index in [2.05, 4.69) is 9.97 Å². The molecule has 0 saturated carbocycles. The number of aromatic nitrogens is 2.